The lowest BCUT2D eigenvalue weighted by Crippen LogP contribution is -2.35. The van der Waals surface area contributed by atoms with E-state index in [-0.39, 0.29) is 11.6 Å². The highest BCUT2D eigenvalue weighted by molar-refractivity contribution is 6.17. The largest absolute Gasteiger partial charge is 0.493 e. The van der Waals surface area contributed by atoms with Gasteiger partial charge in [-0.05, 0) is 60.4 Å². The Morgan fingerprint density at radius 2 is 1.06 bits per heavy atom. The molecule has 0 amide bonds. The lowest BCUT2D eigenvalue weighted by molar-refractivity contribution is -0.134. The Kier molecular flexibility index (Phi) is 7.72. The normalized spacial score (nSPS) is 14.5. The molecule has 0 saturated heterocycles. The van der Waals surface area contributed by atoms with E-state index in [1.165, 1.54) is 12.2 Å². The summed E-state index contributed by atoms with van der Waals surface area (Å²) in [6, 6.07) is 10.7. The van der Waals surface area contributed by atoms with E-state index in [4.69, 9.17) is 18.9 Å². The second-order valence-corrected chi connectivity index (χ2v) is 7.59. The van der Waals surface area contributed by atoms with Crippen molar-refractivity contribution in [2.45, 2.75) is 12.8 Å². The van der Waals surface area contributed by atoms with Crippen molar-refractivity contribution in [1.29, 1.82) is 0 Å². The third-order valence-corrected chi connectivity index (χ3v) is 5.71. The molecule has 33 heavy (non-hydrogen) atoms. The van der Waals surface area contributed by atoms with Crippen molar-refractivity contribution >= 4 is 23.7 Å². The van der Waals surface area contributed by atoms with Crippen molar-refractivity contribution in [1.82, 2.24) is 0 Å². The number of rotatable bonds is 10. The van der Waals surface area contributed by atoms with Crippen molar-refractivity contribution in [2.24, 2.45) is 5.41 Å². The molecule has 6 nitrogen and oxygen atoms in total. The third-order valence-electron chi connectivity index (χ3n) is 5.71. The Hall–Kier alpha value is -3.80. The number of allylic oxidation sites excluding steroid dienone is 4. The Morgan fingerprint density at radius 1 is 0.667 bits per heavy atom. The molecule has 0 saturated carbocycles. The summed E-state index contributed by atoms with van der Waals surface area (Å²) in [6.45, 7) is 0. The molecule has 0 aliphatic heterocycles. The molecule has 0 atom stereocenters. The third kappa shape index (κ3) is 5.17. The summed E-state index contributed by atoms with van der Waals surface area (Å²) >= 11 is 0. The zero-order valence-corrected chi connectivity index (χ0v) is 19.3. The van der Waals surface area contributed by atoms with Gasteiger partial charge in [0, 0.05) is 0 Å². The maximum absolute atomic E-state index is 13.2. The number of hydrogen-bond donors (Lipinski definition) is 0. The minimum atomic E-state index is -1.12. The molecule has 0 aromatic heterocycles. The Balaban J connectivity index is 1.80. The Labute approximate surface area is 194 Å². The lowest BCUT2D eigenvalue weighted by Gasteiger charge is -2.22. The van der Waals surface area contributed by atoms with Crippen LogP contribution >= 0.6 is 0 Å². The maximum atomic E-state index is 13.2. The number of carbonyl (C=O) groups is 2. The molecule has 0 bridgehead atoms. The fourth-order valence-electron chi connectivity index (χ4n) is 3.75. The van der Waals surface area contributed by atoms with Crippen LogP contribution in [0.3, 0.4) is 0 Å². The predicted octanol–water partition coefficient (Wildman–Crippen LogP) is 4.92. The van der Waals surface area contributed by atoms with Crippen molar-refractivity contribution in [3.05, 3.63) is 71.8 Å². The zero-order chi connectivity index (χ0) is 23.8. The molecule has 2 aromatic carbocycles. The summed E-state index contributed by atoms with van der Waals surface area (Å²) < 4.78 is 21.1. The van der Waals surface area contributed by atoms with Gasteiger partial charge in [-0.1, -0.05) is 36.4 Å². The number of methoxy groups -OCH3 is 4. The molecule has 3 rings (SSSR count). The van der Waals surface area contributed by atoms with E-state index >= 15 is 0 Å². The van der Waals surface area contributed by atoms with E-state index in [9.17, 15) is 9.59 Å². The molecular formula is C27H28O6. The molecule has 0 heterocycles. The molecule has 172 valence electrons. The molecule has 1 aliphatic rings. The van der Waals surface area contributed by atoms with Crippen LogP contribution < -0.4 is 18.9 Å². The van der Waals surface area contributed by atoms with Crippen LogP contribution in [0.5, 0.6) is 23.0 Å². The van der Waals surface area contributed by atoms with Crippen LogP contribution in [-0.2, 0) is 9.59 Å². The minimum absolute atomic E-state index is 0.232. The highest BCUT2D eigenvalue weighted by Crippen LogP contribution is 2.37. The molecule has 0 radical (unpaired) electrons. The van der Waals surface area contributed by atoms with Gasteiger partial charge in [0.2, 0.25) is 0 Å². The summed E-state index contributed by atoms with van der Waals surface area (Å²) in [5, 5.41) is 0. The van der Waals surface area contributed by atoms with Crippen LogP contribution in [-0.4, -0.2) is 40.0 Å². The highest BCUT2D eigenvalue weighted by atomic mass is 16.5. The summed E-state index contributed by atoms with van der Waals surface area (Å²) in [5.41, 5.74) is 0.422. The average Bonchev–Trinajstić information content (AvgIpc) is 3.36. The molecule has 0 spiro atoms. The Bertz CT molecular complexity index is 1020. The monoisotopic (exact) mass is 448 g/mol. The fraction of sp³-hybridized carbons (Fsp3) is 0.259. The topological polar surface area (TPSA) is 71.1 Å². The SMILES string of the molecule is COc1ccc(/C=C/C(=O)C2(C(=O)/C=C/c3ccc(OC)c(OC)c3)CC=CC2)cc1OC. The van der Waals surface area contributed by atoms with E-state index in [1.54, 1.807) is 64.9 Å². The number of hydrogen-bond acceptors (Lipinski definition) is 6. The van der Waals surface area contributed by atoms with Crippen LogP contribution in [0.15, 0.2) is 60.7 Å². The molecule has 1 aliphatic carbocycles. The van der Waals surface area contributed by atoms with Gasteiger partial charge in [-0.25, -0.2) is 0 Å². The Morgan fingerprint density at radius 3 is 1.42 bits per heavy atom. The first kappa shape index (κ1) is 23.9. The lowest BCUT2D eigenvalue weighted by atomic mass is 9.76. The van der Waals surface area contributed by atoms with E-state index in [1.807, 2.05) is 24.3 Å². The van der Waals surface area contributed by atoms with Gasteiger partial charge in [0.25, 0.3) is 0 Å². The number of ether oxygens (including phenoxy) is 4. The standard InChI is InChI=1S/C27H28O6/c1-30-21-11-7-19(17-23(21)32-3)9-13-25(28)27(15-5-6-16-27)26(29)14-10-20-8-12-22(31-2)24(18-20)33-4/h5-14,17-18H,15-16H2,1-4H3/b13-9+,14-10+. The first-order chi connectivity index (χ1) is 16.0. The van der Waals surface area contributed by atoms with Crippen molar-refractivity contribution < 1.29 is 28.5 Å². The summed E-state index contributed by atoms with van der Waals surface area (Å²) in [7, 11) is 6.24. The maximum Gasteiger partial charge on any atom is 0.170 e. The second-order valence-electron chi connectivity index (χ2n) is 7.59. The highest BCUT2D eigenvalue weighted by Gasteiger charge is 2.42. The summed E-state index contributed by atoms with van der Waals surface area (Å²) in [4.78, 5) is 26.4. The van der Waals surface area contributed by atoms with E-state index in [0.29, 0.717) is 35.8 Å². The molecule has 0 unspecified atom stereocenters. The first-order valence-corrected chi connectivity index (χ1v) is 10.5. The molecule has 0 fully saturated rings. The van der Waals surface area contributed by atoms with Gasteiger partial charge in [0.15, 0.2) is 34.6 Å². The van der Waals surface area contributed by atoms with Crippen LogP contribution in [0.25, 0.3) is 12.2 Å². The summed E-state index contributed by atoms with van der Waals surface area (Å²) in [5.74, 6) is 1.88. The van der Waals surface area contributed by atoms with Gasteiger partial charge in [0.1, 0.15) is 5.41 Å². The van der Waals surface area contributed by atoms with Gasteiger partial charge in [-0.3, -0.25) is 9.59 Å². The first-order valence-electron chi connectivity index (χ1n) is 10.5. The van der Waals surface area contributed by atoms with Crippen molar-refractivity contribution in [2.75, 3.05) is 28.4 Å². The molecule has 2 aromatic rings. The molecular weight excluding hydrogens is 420 g/mol. The van der Waals surface area contributed by atoms with E-state index < -0.39 is 5.41 Å². The number of ketones is 2. The number of benzene rings is 2. The van der Waals surface area contributed by atoms with Crippen LogP contribution in [0.1, 0.15) is 24.0 Å². The minimum Gasteiger partial charge on any atom is -0.493 e. The van der Waals surface area contributed by atoms with Gasteiger partial charge < -0.3 is 18.9 Å². The van der Waals surface area contributed by atoms with Crippen molar-refractivity contribution in [3.63, 3.8) is 0 Å². The van der Waals surface area contributed by atoms with Crippen LogP contribution in [0.4, 0.5) is 0 Å². The second kappa shape index (κ2) is 10.7. The van der Waals surface area contributed by atoms with Gasteiger partial charge in [-0.2, -0.15) is 0 Å². The van der Waals surface area contributed by atoms with Gasteiger partial charge in [-0.15, -0.1) is 0 Å². The van der Waals surface area contributed by atoms with Crippen molar-refractivity contribution in [3.8, 4) is 23.0 Å². The molecule has 6 heteroatoms. The summed E-state index contributed by atoms with van der Waals surface area (Å²) in [6.07, 6.45) is 10.8. The molecule has 0 N–H and O–H groups in total. The predicted molar refractivity (Wildman–Crippen MR) is 128 cm³/mol. The quantitative estimate of drug-likeness (QED) is 0.292. The zero-order valence-electron chi connectivity index (χ0n) is 19.3. The van der Waals surface area contributed by atoms with E-state index in [2.05, 4.69) is 0 Å². The van der Waals surface area contributed by atoms with Gasteiger partial charge in [0.05, 0.1) is 28.4 Å². The van der Waals surface area contributed by atoms with Gasteiger partial charge >= 0.3 is 0 Å². The number of carbonyl (C=O) groups excluding carboxylic acids is 2. The fourth-order valence-corrected chi connectivity index (χ4v) is 3.75. The van der Waals surface area contributed by atoms with Crippen LogP contribution in [0.2, 0.25) is 0 Å². The van der Waals surface area contributed by atoms with Crippen LogP contribution in [0, 0.1) is 5.41 Å². The van der Waals surface area contributed by atoms with E-state index in [0.717, 1.165) is 11.1 Å². The smallest absolute Gasteiger partial charge is 0.170 e. The average molecular weight is 449 g/mol.